The van der Waals surface area contributed by atoms with E-state index >= 15 is 0 Å². The summed E-state index contributed by atoms with van der Waals surface area (Å²) in [6, 6.07) is 16.4. The van der Waals surface area contributed by atoms with Gasteiger partial charge in [-0.25, -0.2) is 4.98 Å². The number of carbonyl (C=O) groups excluding carboxylic acids is 1. The molecular formula is C25H29N3O4. The van der Waals surface area contributed by atoms with Crippen molar-refractivity contribution >= 4 is 5.91 Å². The van der Waals surface area contributed by atoms with Crippen molar-refractivity contribution in [3.8, 4) is 11.5 Å². The minimum absolute atomic E-state index is 0.0821. The van der Waals surface area contributed by atoms with E-state index in [4.69, 9.17) is 13.9 Å². The number of amides is 1. The smallest absolute Gasteiger partial charge is 0.273 e. The number of oxazole rings is 1. The van der Waals surface area contributed by atoms with Gasteiger partial charge in [0.15, 0.2) is 5.69 Å². The van der Waals surface area contributed by atoms with Crippen LogP contribution in [0.25, 0.3) is 0 Å². The van der Waals surface area contributed by atoms with E-state index in [0.717, 1.165) is 29.9 Å². The minimum atomic E-state index is -0.179. The fourth-order valence-corrected chi connectivity index (χ4v) is 3.62. The van der Waals surface area contributed by atoms with Crippen LogP contribution in [-0.2, 0) is 13.1 Å². The lowest BCUT2D eigenvalue weighted by Gasteiger charge is -2.29. The van der Waals surface area contributed by atoms with Crippen LogP contribution in [0, 0.1) is 0 Å². The van der Waals surface area contributed by atoms with E-state index in [1.807, 2.05) is 36.4 Å². The van der Waals surface area contributed by atoms with Crippen molar-refractivity contribution in [1.29, 1.82) is 0 Å². The summed E-state index contributed by atoms with van der Waals surface area (Å²) in [6.45, 7) is 3.20. The SMILES string of the molecule is COc1ccc(CN(Cc2nc(C(=O)NC3CC3)co2)[C@H](C)c2ccccc2)c(OC)c1. The molecule has 1 N–H and O–H groups in total. The summed E-state index contributed by atoms with van der Waals surface area (Å²) >= 11 is 0. The Morgan fingerprint density at radius 1 is 1.16 bits per heavy atom. The molecule has 1 aliphatic carbocycles. The Morgan fingerprint density at radius 2 is 1.94 bits per heavy atom. The van der Waals surface area contributed by atoms with Crippen LogP contribution < -0.4 is 14.8 Å². The van der Waals surface area contributed by atoms with E-state index in [0.29, 0.717) is 24.7 Å². The average molecular weight is 436 g/mol. The molecule has 1 atom stereocenters. The summed E-state index contributed by atoms with van der Waals surface area (Å²) in [5.41, 5.74) is 2.52. The number of carbonyl (C=O) groups is 1. The lowest BCUT2D eigenvalue weighted by Crippen LogP contribution is -2.27. The van der Waals surface area contributed by atoms with Crippen LogP contribution in [-0.4, -0.2) is 36.1 Å². The fourth-order valence-electron chi connectivity index (χ4n) is 3.62. The molecule has 3 aromatic rings. The first-order valence-electron chi connectivity index (χ1n) is 10.8. The zero-order valence-electron chi connectivity index (χ0n) is 18.7. The van der Waals surface area contributed by atoms with E-state index in [2.05, 4.69) is 34.3 Å². The standard InChI is InChI=1S/C25H29N3O4/c1-17(18-7-5-4-6-8-18)28(14-19-9-12-21(30-2)13-23(19)31-3)15-24-27-22(16-32-24)25(29)26-20-10-11-20/h4-9,12-13,16-17,20H,10-11,14-15H2,1-3H3,(H,26,29)/t17-/m1/s1. The highest BCUT2D eigenvalue weighted by Crippen LogP contribution is 2.30. The summed E-state index contributed by atoms with van der Waals surface area (Å²) in [6.07, 6.45) is 3.50. The van der Waals surface area contributed by atoms with Gasteiger partial charge in [-0.3, -0.25) is 9.69 Å². The van der Waals surface area contributed by atoms with Gasteiger partial charge >= 0.3 is 0 Å². The molecule has 0 aliphatic heterocycles. The molecule has 1 aliphatic rings. The van der Waals surface area contributed by atoms with Crippen molar-refractivity contribution in [1.82, 2.24) is 15.2 Å². The van der Waals surface area contributed by atoms with Crippen LogP contribution in [0.15, 0.2) is 59.2 Å². The number of rotatable bonds is 10. The first-order valence-corrected chi connectivity index (χ1v) is 10.8. The number of benzene rings is 2. The molecular weight excluding hydrogens is 406 g/mol. The van der Waals surface area contributed by atoms with Crippen LogP contribution in [0.1, 0.15) is 53.3 Å². The number of nitrogens with zero attached hydrogens (tertiary/aromatic N) is 2. The van der Waals surface area contributed by atoms with E-state index in [9.17, 15) is 4.79 Å². The molecule has 0 spiro atoms. The summed E-state index contributed by atoms with van der Waals surface area (Å²) < 4.78 is 16.6. The molecule has 1 aromatic heterocycles. The van der Waals surface area contributed by atoms with Crippen molar-refractivity contribution in [3.05, 3.63) is 77.5 Å². The topological polar surface area (TPSA) is 76.8 Å². The highest BCUT2D eigenvalue weighted by Gasteiger charge is 2.26. The normalized spacial score (nSPS) is 14.2. The Balaban J connectivity index is 1.57. The molecule has 0 bridgehead atoms. The predicted octanol–water partition coefficient (Wildman–Crippen LogP) is 4.35. The Morgan fingerprint density at radius 3 is 2.62 bits per heavy atom. The number of aromatic nitrogens is 1. The lowest BCUT2D eigenvalue weighted by atomic mass is 10.1. The van der Waals surface area contributed by atoms with Crippen molar-refractivity contribution < 1.29 is 18.7 Å². The van der Waals surface area contributed by atoms with Gasteiger partial charge in [-0.2, -0.15) is 0 Å². The van der Waals surface area contributed by atoms with E-state index in [-0.39, 0.29) is 18.0 Å². The van der Waals surface area contributed by atoms with E-state index in [1.165, 1.54) is 11.8 Å². The number of ether oxygens (including phenoxy) is 2. The molecule has 2 aromatic carbocycles. The Bertz CT molecular complexity index is 1050. The lowest BCUT2D eigenvalue weighted by molar-refractivity contribution is 0.0946. The zero-order chi connectivity index (χ0) is 22.5. The number of nitrogens with one attached hydrogen (secondary N) is 1. The van der Waals surface area contributed by atoms with Gasteiger partial charge in [0.1, 0.15) is 17.8 Å². The number of hydrogen-bond donors (Lipinski definition) is 1. The molecule has 1 saturated carbocycles. The quantitative estimate of drug-likeness (QED) is 0.510. The molecule has 168 valence electrons. The first kappa shape index (κ1) is 21.9. The number of hydrogen-bond acceptors (Lipinski definition) is 6. The van der Waals surface area contributed by atoms with Crippen LogP contribution in [0.3, 0.4) is 0 Å². The maximum absolute atomic E-state index is 12.3. The Hall–Kier alpha value is -3.32. The van der Waals surface area contributed by atoms with E-state index < -0.39 is 0 Å². The van der Waals surface area contributed by atoms with Crippen molar-refractivity contribution in [2.45, 2.75) is 44.9 Å². The molecule has 32 heavy (non-hydrogen) atoms. The van der Waals surface area contributed by atoms with Crippen LogP contribution >= 0.6 is 0 Å². The molecule has 0 saturated heterocycles. The monoisotopic (exact) mass is 435 g/mol. The van der Waals surface area contributed by atoms with Gasteiger partial charge in [-0.05, 0) is 31.4 Å². The fraction of sp³-hybridized carbons (Fsp3) is 0.360. The first-order chi connectivity index (χ1) is 15.6. The predicted molar refractivity (Wildman–Crippen MR) is 121 cm³/mol. The summed E-state index contributed by atoms with van der Waals surface area (Å²) in [4.78, 5) is 19.0. The molecule has 0 unspecified atom stereocenters. The Labute approximate surface area is 188 Å². The van der Waals surface area contributed by atoms with Gasteiger partial charge in [-0.1, -0.05) is 36.4 Å². The van der Waals surface area contributed by atoms with Crippen molar-refractivity contribution in [2.24, 2.45) is 0 Å². The molecule has 0 radical (unpaired) electrons. The van der Waals surface area contributed by atoms with Gasteiger partial charge < -0.3 is 19.2 Å². The summed E-state index contributed by atoms with van der Waals surface area (Å²) in [5, 5.41) is 2.95. The van der Waals surface area contributed by atoms with Gasteiger partial charge in [0.05, 0.1) is 20.8 Å². The third-order valence-electron chi connectivity index (χ3n) is 5.73. The maximum Gasteiger partial charge on any atom is 0.273 e. The molecule has 1 fully saturated rings. The molecule has 1 amide bonds. The highest BCUT2D eigenvalue weighted by molar-refractivity contribution is 5.92. The largest absolute Gasteiger partial charge is 0.497 e. The molecule has 7 heteroatoms. The average Bonchev–Trinajstić information content (AvgIpc) is 3.52. The minimum Gasteiger partial charge on any atom is -0.497 e. The van der Waals surface area contributed by atoms with Gasteiger partial charge in [0, 0.05) is 30.3 Å². The summed E-state index contributed by atoms with van der Waals surface area (Å²) in [5.74, 6) is 1.82. The second-order valence-corrected chi connectivity index (χ2v) is 8.04. The van der Waals surface area contributed by atoms with E-state index in [1.54, 1.807) is 14.2 Å². The van der Waals surface area contributed by atoms with Crippen LogP contribution in [0.5, 0.6) is 11.5 Å². The van der Waals surface area contributed by atoms with Gasteiger partial charge in [-0.15, -0.1) is 0 Å². The second kappa shape index (κ2) is 9.87. The molecule has 1 heterocycles. The third-order valence-corrected chi connectivity index (χ3v) is 5.73. The highest BCUT2D eigenvalue weighted by atomic mass is 16.5. The van der Waals surface area contributed by atoms with Crippen LogP contribution in [0.4, 0.5) is 0 Å². The van der Waals surface area contributed by atoms with Crippen LogP contribution in [0.2, 0.25) is 0 Å². The maximum atomic E-state index is 12.3. The zero-order valence-corrected chi connectivity index (χ0v) is 18.7. The molecule has 4 rings (SSSR count). The Kier molecular flexibility index (Phi) is 6.75. The second-order valence-electron chi connectivity index (χ2n) is 8.04. The van der Waals surface area contributed by atoms with Crippen molar-refractivity contribution in [3.63, 3.8) is 0 Å². The van der Waals surface area contributed by atoms with Gasteiger partial charge in [0.2, 0.25) is 5.89 Å². The third kappa shape index (κ3) is 5.29. The van der Waals surface area contributed by atoms with Gasteiger partial charge in [0.25, 0.3) is 5.91 Å². The number of methoxy groups -OCH3 is 2. The molecule has 7 nitrogen and oxygen atoms in total. The van der Waals surface area contributed by atoms with Crippen molar-refractivity contribution in [2.75, 3.05) is 14.2 Å². The summed E-state index contributed by atoms with van der Waals surface area (Å²) in [7, 11) is 3.29.